The first-order chi connectivity index (χ1) is 14.7. The Bertz CT molecular complexity index is 1110. The van der Waals surface area contributed by atoms with Gasteiger partial charge >= 0.3 is 6.18 Å². The number of anilines is 1. The maximum Gasteiger partial charge on any atom is 0.416 e. The van der Waals surface area contributed by atoms with Gasteiger partial charge in [-0.1, -0.05) is 13.0 Å². The molecule has 0 unspecified atom stereocenters. The highest BCUT2D eigenvalue weighted by atomic mass is 79.9. The first-order valence-corrected chi connectivity index (χ1v) is 10.0. The molecule has 3 aromatic rings. The van der Waals surface area contributed by atoms with Gasteiger partial charge in [-0.25, -0.2) is 9.97 Å². The highest BCUT2D eigenvalue weighted by Crippen LogP contribution is 2.35. The summed E-state index contributed by atoms with van der Waals surface area (Å²) in [5, 5.41) is 11.5. The number of nitrogens with two attached hydrogens (primary N) is 1. The molecule has 0 saturated heterocycles. The summed E-state index contributed by atoms with van der Waals surface area (Å²) < 4.78 is 42.1. The van der Waals surface area contributed by atoms with E-state index in [4.69, 9.17) is 10.8 Å². The van der Waals surface area contributed by atoms with Crippen LogP contribution in [-0.4, -0.2) is 38.7 Å². The number of aliphatic hydroxyl groups excluding tert-OH is 1. The largest absolute Gasteiger partial charge is 0.416 e. The molecule has 0 saturated carbocycles. The summed E-state index contributed by atoms with van der Waals surface area (Å²) in [7, 11) is 0. The number of hydrogen-bond acceptors (Lipinski definition) is 5. The Hall–Kier alpha value is -2.92. The topological polar surface area (TPSA) is 106 Å². The standard InChI is InChI=1S/C20H19BrF3N5O2/c1-2-11-3-4-13(20(22,23)24)8-15(11)29-10-12(18(31)26-5-6-30)7-16(29)17-14(21)9-27-19(25)28-17/h3-4,7-10,30H,2,5-6H2,1H3,(H,26,31)(H2,25,27,28). The maximum absolute atomic E-state index is 13.4. The number of carbonyl (C=O) groups is 1. The minimum atomic E-state index is -4.53. The summed E-state index contributed by atoms with van der Waals surface area (Å²) in [6, 6.07) is 4.98. The van der Waals surface area contributed by atoms with Crippen LogP contribution in [0.25, 0.3) is 17.1 Å². The quantitative estimate of drug-likeness (QED) is 0.482. The van der Waals surface area contributed by atoms with E-state index in [2.05, 4.69) is 31.2 Å². The lowest BCUT2D eigenvalue weighted by molar-refractivity contribution is -0.137. The van der Waals surface area contributed by atoms with Gasteiger partial charge in [0.05, 0.1) is 27.9 Å². The molecule has 0 aliphatic carbocycles. The first kappa shape index (κ1) is 22.8. The predicted octanol–water partition coefficient (Wildman–Crippen LogP) is 3.58. The summed E-state index contributed by atoms with van der Waals surface area (Å²) in [5.74, 6) is -0.519. The lowest BCUT2D eigenvalue weighted by atomic mass is 10.1. The van der Waals surface area contributed by atoms with Crippen LogP contribution < -0.4 is 11.1 Å². The zero-order chi connectivity index (χ0) is 22.8. The van der Waals surface area contributed by atoms with E-state index >= 15 is 0 Å². The van der Waals surface area contributed by atoms with Crippen LogP contribution in [0.15, 0.2) is 41.1 Å². The number of benzene rings is 1. The number of carbonyl (C=O) groups excluding carboxylic acids is 1. The monoisotopic (exact) mass is 497 g/mol. The van der Waals surface area contributed by atoms with Crippen LogP contribution in [0, 0.1) is 0 Å². The number of aromatic nitrogens is 3. The lowest BCUT2D eigenvalue weighted by Crippen LogP contribution is -2.25. The van der Waals surface area contributed by atoms with Crippen molar-refractivity contribution in [3.05, 3.63) is 57.8 Å². The van der Waals surface area contributed by atoms with Crippen molar-refractivity contribution >= 4 is 27.8 Å². The van der Waals surface area contributed by atoms with Gasteiger partial charge in [0.2, 0.25) is 5.95 Å². The molecule has 0 aliphatic heterocycles. The lowest BCUT2D eigenvalue weighted by Gasteiger charge is -2.16. The second-order valence-corrected chi connectivity index (χ2v) is 7.44. The zero-order valence-electron chi connectivity index (χ0n) is 16.4. The Morgan fingerprint density at radius 3 is 2.71 bits per heavy atom. The fraction of sp³-hybridized carbons (Fsp3) is 0.250. The van der Waals surface area contributed by atoms with Crippen molar-refractivity contribution in [3.8, 4) is 17.1 Å². The number of nitrogens with one attached hydrogen (secondary N) is 1. The molecule has 0 spiro atoms. The number of halogens is 4. The minimum absolute atomic E-state index is 0.0306. The Morgan fingerprint density at radius 1 is 1.32 bits per heavy atom. The molecule has 0 radical (unpaired) electrons. The number of nitrogen functional groups attached to an aromatic ring is 1. The van der Waals surface area contributed by atoms with Crippen molar-refractivity contribution < 1.29 is 23.1 Å². The second kappa shape index (κ2) is 9.06. The molecular formula is C20H19BrF3N5O2. The maximum atomic E-state index is 13.4. The predicted molar refractivity (Wildman–Crippen MR) is 113 cm³/mol. The van der Waals surface area contributed by atoms with Crippen LogP contribution in [0.1, 0.15) is 28.4 Å². The number of nitrogens with zero attached hydrogens (tertiary/aromatic N) is 3. The molecule has 3 rings (SSSR count). The van der Waals surface area contributed by atoms with E-state index in [1.165, 1.54) is 29.1 Å². The molecule has 4 N–H and O–H groups in total. The molecular weight excluding hydrogens is 479 g/mol. The Balaban J connectivity index is 2.27. The normalized spacial score (nSPS) is 11.5. The van der Waals surface area contributed by atoms with Crippen LogP contribution in [-0.2, 0) is 12.6 Å². The minimum Gasteiger partial charge on any atom is -0.395 e. The summed E-state index contributed by atoms with van der Waals surface area (Å²) in [6.07, 6.45) is -1.21. The van der Waals surface area contributed by atoms with E-state index in [0.29, 0.717) is 27.8 Å². The zero-order valence-corrected chi connectivity index (χ0v) is 18.0. The Labute approximate surface area is 184 Å². The van der Waals surface area contributed by atoms with E-state index in [9.17, 15) is 18.0 Å². The number of amides is 1. The molecule has 11 heteroatoms. The molecule has 0 bridgehead atoms. The van der Waals surface area contributed by atoms with E-state index in [0.717, 1.165) is 12.1 Å². The van der Waals surface area contributed by atoms with Gasteiger partial charge < -0.3 is 20.7 Å². The Morgan fingerprint density at radius 2 is 2.06 bits per heavy atom. The fourth-order valence-electron chi connectivity index (χ4n) is 3.06. The molecule has 2 aromatic heterocycles. The molecule has 0 fully saturated rings. The van der Waals surface area contributed by atoms with Crippen molar-refractivity contribution in [2.75, 3.05) is 18.9 Å². The smallest absolute Gasteiger partial charge is 0.395 e. The Kier molecular flexibility index (Phi) is 6.65. The van der Waals surface area contributed by atoms with Crippen molar-refractivity contribution in [3.63, 3.8) is 0 Å². The highest BCUT2D eigenvalue weighted by molar-refractivity contribution is 9.10. The third-order valence-electron chi connectivity index (χ3n) is 4.54. The van der Waals surface area contributed by atoms with Gasteiger partial charge in [-0.15, -0.1) is 0 Å². The van der Waals surface area contributed by atoms with Gasteiger partial charge in [0.1, 0.15) is 5.69 Å². The van der Waals surface area contributed by atoms with Gasteiger partial charge in [0.15, 0.2) is 0 Å². The molecule has 1 aromatic carbocycles. The van der Waals surface area contributed by atoms with Crippen LogP contribution >= 0.6 is 15.9 Å². The molecule has 2 heterocycles. The van der Waals surface area contributed by atoms with Gasteiger partial charge in [-0.05, 0) is 46.1 Å². The molecule has 1 amide bonds. The van der Waals surface area contributed by atoms with Crippen molar-refractivity contribution in [1.29, 1.82) is 0 Å². The van der Waals surface area contributed by atoms with Crippen molar-refractivity contribution in [1.82, 2.24) is 19.9 Å². The van der Waals surface area contributed by atoms with Crippen LogP contribution in [0.4, 0.5) is 19.1 Å². The van der Waals surface area contributed by atoms with E-state index < -0.39 is 17.6 Å². The van der Waals surface area contributed by atoms with Gasteiger partial charge in [0.25, 0.3) is 5.91 Å². The SMILES string of the molecule is CCc1ccc(C(F)(F)F)cc1-n1cc(C(=O)NCCO)cc1-c1nc(N)ncc1Br. The van der Waals surface area contributed by atoms with Gasteiger partial charge in [-0.3, -0.25) is 4.79 Å². The van der Waals surface area contributed by atoms with Crippen molar-refractivity contribution in [2.45, 2.75) is 19.5 Å². The molecule has 0 aliphatic rings. The average molecular weight is 498 g/mol. The van der Waals surface area contributed by atoms with Crippen molar-refractivity contribution in [2.24, 2.45) is 0 Å². The molecule has 0 atom stereocenters. The number of alkyl halides is 3. The molecule has 7 nitrogen and oxygen atoms in total. The van der Waals surface area contributed by atoms with Gasteiger partial charge in [0, 0.05) is 24.6 Å². The summed E-state index contributed by atoms with van der Waals surface area (Å²) in [4.78, 5) is 20.6. The van der Waals surface area contributed by atoms with Crippen LogP contribution in [0.5, 0.6) is 0 Å². The number of rotatable bonds is 6. The van der Waals surface area contributed by atoms with Crippen LogP contribution in [0.3, 0.4) is 0 Å². The van der Waals surface area contributed by atoms with E-state index in [-0.39, 0.29) is 30.4 Å². The first-order valence-electron chi connectivity index (χ1n) is 9.26. The summed E-state index contributed by atoms with van der Waals surface area (Å²) in [5.41, 5.74) is 6.66. The van der Waals surface area contributed by atoms with E-state index in [1.54, 1.807) is 0 Å². The molecule has 164 valence electrons. The van der Waals surface area contributed by atoms with E-state index in [1.807, 2.05) is 6.92 Å². The van der Waals surface area contributed by atoms with Crippen LogP contribution in [0.2, 0.25) is 0 Å². The molecule has 31 heavy (non-hydrogen) atoms. The average Bonchev–Trinajstić information content (AvgIpc) is 3.17. The number of aliphatic hydroxyl groups is 1. The highest BCUT2D eigenvalue weighted by Gasteiger charge is 2.31. The second-order valence-electron chi connectivity index (χ2n) is 6.58. The number of hydrogen-bond donors (Lipinski definition) is 3. The third-order valence-corrected chi connectivity index (χ3v) is 5.12. The number of aryl methyl sites for hydroxylation is 1. The summed E-state index contributed by atoms with van der Waals surface area (Å²) >= 11 is 3.34. The summed E-state index contributed by atoms with van der Waals surface area (Å²) in [6.45, 7) is 1.61. The fourth-order valence-corrected chi connectivity index (χ4v) is 3.46. The van der Waals surface area contributed by atoms with Gasteiger partial charge in [-0.2, -0.15) is 13.2 Å². The third kappa shape index (κ3) is 4.88.